The molecule has 1 aromatic rings. The average Bonchev–Trinajstić information content (AvgIpc) is 2.36. The Morgan fingerprint density at radius 2 is 2.21 bits per heavy atom. The van der Waals surface area contributed by atoms with Crippen LogP contribution in [0.4, 0.5) is 0 Å². The second kappa shape index (κ2) is 6.04. The summed E-state index contributed by atoms with van der Waals surface area (Å²) >= 11 is 6.09. The van der Waals surface area contributed by atoms with Crippen molar-refractivity contribution in [3.63, 3.8) is 0 Å². The first kappa shape index (κ1) is 13.8. The molecule has 1 heterocycles. The van der Waals surface area contributed by atoms with Crippen LogP contribution in [-0.4, -0.2) is 31.0 Å². The van der Waals surface area contributed by atoms with Crippen molar-refractivity contribution in [2.24, 2.45) is 0 Å². The van der Waals surface area contributed by atoms with E-state index in [1.54, 1.807) is 6.07 Å². The molecule has 1 aromatic carbocycles. The van der Waals surface area contributed by atoms with E-state index in [0.717, 1.165) is 10.5 Å². The molecule has 2 rings (SSSR count). The number of hydrogen-bond acceptors (Lipinski definition) is 3. The van der Waals surface area contributed by atoms with Crippen LogP contribution >= 0.6 is 11.6 Å². The number of halogens is 1. The average molecular weight is 283 g/mol. The maximum Gasteiger partial charge on any atom is 0.278 e. The van der Waals surface area contributed by atoms with Gasteiger partial charge in [0.15, 0.2) is 6.04 Å². The molecule has 1 aliphatic rings. The SMILES string of the molecule is O=C([O-])C[C@H]1C(=O)NCC[NH+]1Cc1ccccc1Cl. The van der Waals surface area contributed by atoms with Crippen LogP contribution in [0.15, 0.2) is 24.3 Å². The molecule has 0 bridgehead atoms. The Morgan fingerprint density at radius 1 is 1.47 bits per heavy atom. The second-order valence-corrected chi connectivity index (χ2v) is 5.00. The van der Waals surface area contributed by atoms with Gasteiger partial charge in [-0.25, -0.2) is 0 Å². The number of benzene rings is 1. The van der Waals surface area contributed by atoms with Crippen molar-refractivity contribution in [2.45, 2.75) is 19.0 Å². The molecular formula is C13H15ClN2O3. The summed E-state index contributed by atoms with van der Waals surface area (Å²) in [6, 6.07) is 6.77. The molecular weight excluding hydrogens is 268 g/mol. The molecule has 19 heavy (non-hydrogen) atoms. The zero-order valence-corrected chi connectivity index (χ0v) is 11.1. The Labute approximate surface area is 116 Å². The molecule has 1 aliphatic heterocycles. The highest BCUT2D eigenvalue weighted by atomic mass is 35.5. The Hall–Kier alpha value is -1.59. The van der Waals surface area contributed by atoms with Crippen LogP contribution in [0.2, 0.25) is 5.02 Å². The van der Waals surface area contributed by atoms with Crippen molar-refractivity contribution in [3.8, 4) is 0 Å². The minimum Gasteiger partial charge on any atom is -0.550 e. The van der Waals surface area contributed by atoms with Crippen LogP contribution in [0.1, 0.15) is 12.0 Å². The fourth-order valence-corrected chi connectivity index (χ4v) is 2.53. The summed E-state index contributed by atoms with van der Waals surface area (Å²) in [5.74, 6) is -1.45. The van der Waals surface area contributed by atoms with Gasteiger partial charge in [-0.1, -0.05) is 29.8 Å². The number of nitrogens with one attached hydrogen (secondary N) is 2. The van der Waals surface area contributed by atoms with Gasteiger partial charge >= 0.3 is 0 Å². The summed E-state index contributed by atoms with van der Waals surface area (Å²) in [5, 5.41) is 14.1. The lowest BCUT2D eigenvalue weighted by Crippen LogP contribution is -3.18. The lowest BCUT2D eigenvalue weighted by molar-refractivity contribution is -0.930. The van der Waals surface area contributed by atoms with E-state index in [2.05, 4.69) is 5.32 Å². The monoisotopic (exact) mass is 282 g/mol. The van der Waals surface area contributed by atoms with Gasteiger partial charge in [0.1, 0.15) is 6.54 Å². The van der Waals surface area contributed by atoms with Crippen LogP contribution in [-0.2, 0) is 16.1 Å². The number of quaternary nitrogens is 1. The number of aliphatic carboxylic acids is 1. The summed E-state index contributed by atoms with van der Waals surface area (Å²) in [7, 11) is 0. The zero-order valence-electron chi connectivity index (χ0n) is 10.3. The molecule has 2 atom stereocenters. The quantitative estimate of drug-likeness (QED) is 0.696. The molecule has 0 spiro atoms. The van der Waals surface area contributed by atoms with Crippen molar-refractivity contribution in [2.75, 3.05) is 13.1 Å². The van der Waals surface area contributed by atoms with E-state index >= 15 is 0 Å². The van der Waals surface area contributed by atoms with Crippen molar-refractivity contribution in [1.29, 1.82) is 0 Å². The van der Waals surface area contributed by atoms with Gasteiger partial charge in [-0.05, 0) is 6.07 Å². The Kier molecular flexibility index (Phi) is 4.39. The first-order valence-corrected chi connectivity index (χ1v) is 6.51. The van der Waals surface area contributed by atoms with E-state index in [1.807, 2.05) is 18.2 Å². The van der Waals surface area contributed by atoms with E-state index in [4.69, 9.17) is 11.6 Å². The van der Waals surface area contributed by atoms with Gasteiger partial charge in [0.2, 0.25) is 0 Å². The fraction of sp³-hybridized carbons (Fsp3) is 0.385. The predicted octanol–water partition coefficient (Wildman–Crippen LogP) is -1.64. The molecule has 0 radical (unpaired) electrons. The Morgan fingerprint density at radius 3 is 2.89 bits per heavy atom. The summed E-state index contributed by atoms with van der Waals surface area (Å²) in [6.45, 7) is 1.75. The third-order valence-electron chi connectivity index (χ3n) is 3.30. The molecule has 2 N–H and O–H groups in total. The maximum absolute atomic E-state index is 11.8. The molecule has 102 valence electrons. The van der Waals surface area contributed by atoms with E-state index in [9.17, 15) is 14.7 Å². The van der Waals surface area contributed by atoms with Gasteiger partial charge in [0, 0.05) is 23.0 Å². The molecule has 6 heteroatoms. The first-order valence-electron chi connectivity index (χ1n) is 6.13. The summed E-state index contributed by atoms with van der Waals surface area (Å²) in [5.41, 5.74) is 0.914. The minimum atomic E-state index is -1.21. The third-order valence-corrected chi connectivity index (χ3v) is 3.67. The van der Waals surface area contributed by atoms with Gasteiger partial charge in [0.25, 0.3) is 5.91 Å². The molecule has 1 fully saturated rings. The highest BCUT2D eigenvalue weighted by molar-refractivity contribution is 6.31. The van der Waals surface area contributed by atoms with Gasteiger partial charge in [-0.3, -0.25) is 4.79 Å². The largest absolute Gasteiger partial charge is 0.550 e. The van der Waals surface area contributed by atoms with E-state index < -0.39 is 12.0 Å². The maximum atomic E-state index is 11.8. The Balaban J connectivity index is 2.14. The number of carbonyl (C=O) groups is 2. The molecule has 0 saturated carbocycles. The number of hydrogen-bond donors (Lipinski definition) is 2. The summed E-state index contributed by atoms with van der Waals surface area (Å²) < 4.78 is 0. The van der Waals surface area contributed by atoms with Gasteiger partial charge in [0.05, 0.1) is 13.1 Å². The standard InChI is InChI=1S/C13H15ClN2O3/c14-10-4-2-1-3-9(10)8-16-6-5-15-13(19)11(16)7-12(17)18/h1-4,11H,5-8H2,(H,15,19)(H,17,18)/t11-/m0/s1. The van der Waals surface area contributed by atoms with Crippen molar-refractivity contribution >= 4 is 23.5 Å². The normalized spacial score (nSPS) is 22.9. The van der Waals surface area contributed by atoms with Crippen LogP contribution in [0.5, 0.6) is 0 Å². The van der Waals surface area contributed by atoms with Crippen LogP contribution in [0, 0.1) is 0 Å². The molecule has 1 amide bonds. The van der Waals surface area contributed by atoms with Gasteiger partial charge < -0.3 is 20.1 Å². The number of carboxylic acids is 1. The van der Waals surface area contributed by atoms with Crippen LogP contribution in [0.3, 0.4) is 0 Å². The Bertz CT molecular complexity index is 493. The van der Waals surface area contributed by atoms with Gasteiger partial charge in [-0.15, -0.1) is 0 Å². The lowest BCUT2D eigenvalue weighted by Gasteiger charge is -2.32. The van der Waals surface area contributed by atoms with Crippen molar-refractivity contribution in [3.05, 3.63) is 34.9 Å². The molecule has 1 unspecified atom stereocenters. The van der Waals surface area contributed by atoms with Crippen LogP contribution < -0.4 is 15.3 Å². The fourth-order valence-electron chi connectivity index (χ4n) is 2.33. The molecule has 5 nitrogen and oxygen atoms in total. The lowest BCUT2D eigenvalue weighted by atomic mass is 10.1. The minimum absolute atomic E-state index is 0.238. The first-order chi connectivity index (χ1) is 9.08. The number of rotatable bonds is 4. The van der Waals surface area contributed by atoms with E-state index in [1.165, 1.54) is 0 Å². The van der Waals surface area contributed by atoms with E-state index in [-0.39, 0.29) is 12.3 Å². The van der Waals surface area contributed by atoms with Gasteiger partial charge in [-0.2, -0.15) is 0 Å². The smallest absolute Gasteiger partial charge is 0.278 e. The topological polar surface area (TPSA) is 73.7 Å². The summed E-state index contributed by atoms with van der Waals surface area (Å²) in [4.78, 5) is 23.4. The molecule has 0 aliphatic carbocycles. The number of amides is 1. The van der Waals surface area contributed by atoms with Crippen molar-refractivity contribution < 1.29 is 19.6 Å². The summed E-state index contributed by atoms with van der Waals surface area (Å²) in [6.07, 6.45) is -0.272. The van der Waals surface area contributed by atoms with Crippen LogP contribution in [0.25, 0.3) is 0 Å². The highest BCUT2D eigenvalue weighted by Gasteiger charge is 2.33. The van der Waals surface area contributed by atoms with E-state index in [0.29, 0.717) is 24.7 Å². The number of carboxylic acid groups (broad SMARTS) is 1. The highest BCUT2D eigenvalue weighted by Crippen LogP contribution is 2.13. The third kappa shape index (κ3) is 3.45. The zero-order chi connectivity index (χ0) is 13.8. The predicted molar refractivity (Wildman–Crippen MR) is 67.4 cm³/mol. The molecule has 0 aromatic heterocycles. The molecule has 1 saturated heterocycles. The van der Waals surface area contributed by atoms with Crippen molar-refractivity contribution in [1.82, 2.24) is 5.32 Å². The number of piperazine rings is 1. The second-order valence-electron chi connectivity index (χ2n) is 4.60. The number of carbonyl (C=O) groups excluding carboxylic acids is 2.